The molecule has 25 heavy (non-hydrogen) atoms. The Morgan fingerprint density at radius 2 is 2.00 bits per heavy atom. The number of amides is 1. The first-order valence-corrected chi connectivity index (χ1v) is 8.59. The van der Waals surface area contributed by atoms with Gasteiger partial charge in [0.15, 0.2) is 0 Å². The molecule has 3 rings (SSSR count). The quantitative estimate of drug-likeness (QED) is 0.785. The van der Waals surface area contributed by atoms with Gasteiger partial charge >= 0.3 is 5.97 Å². The first kappa shape index (κ1) is 17.2. The Balaban J connectivity index is 1.63. The number of carbonyl (C=O) groups excluding carboxylic acids is 2. The number of esters is 1. The molecule has 6 heteroatoms. The lowest BCUT2D eigenvalue weighted by molar-refractivity contribution is -0.156. The van der Waals surface area contributed by atoms with Crippen molar-refractivity contribution in [3.63, 3.8) is 0 Å². The van der Waals surface area contributed by atoms with Crippen LogP contribution in [0, 0.1) is 13.8 Å². The molecule has 1 aliphatic carbocycles. The van der Waals surface area contributed by atoms with Crippen molar-refractivity contribution in [2.24, 2.45) is 0 Å². The number of aromatic nitrogens is 2. The molecule has 1 amide bonds. The normalized spacial score (nSPS) is 14.8. The third-order valence-electron chi connectivity index (χ3n) is 4.14. The molecule has 1 aliphatic rings. The summed E-state index contributed by atoms with van der Waals surface area (Å²) in [4.78, 5) is 24.7. The van der Waals surface area contributed by atoms with Gasteiger partial charge in [0.1, 0.15) is 0 Å². The predicted molar refractivity (Wildman–Crippen MR) is 92.8 cm³/mol. The van der Waals surface area contributed by atoms with E-state index in [0.717, 1.165) is 24.2 Å². The van der Waals surface area contributed by atoms with E-state index < -0.39 is 12.1 Å². The average Bonchev–Trinajstić information content (AvgIpc) is 3.34. The van der Waals surface area contributed by atoms with Crippen molar-refractivity contribution in [3.05, 3.63) is 53.3 Å². The van der Waals surface area contributed by atoms with E-state index in [1.165, 1.54) is 0 Å². The molecule has 1 unspecified atom stereocenters. The minimum Gasteiger partial charge on any atom is -0.447 e. The van der Waals surface area contributed by atoms with Crippen molar-refractivity contribution in [2.75, 3.05) is 0 Å². The van der Waals surface area contributed by atoms with E-state index >= 15 is 0 Å². The molecule has 6 nitrogen and oxygen atoms in total. The second-order valence-electron chi connectivity index (χ2n) is 6.46. The van der Waals surface area contributed by atoms with Crippen LogP contribution >= 0.6 is 0 Å². The lowest BCUT2D eigenvalue weighted by Gasteiger charge is -2.18. The van der Waals surface area contributed by atoms with Crippen LogP contribution in [0.1, 0.15) is 42.3 Å². The number of nitrogens with one attached hydrogen (secondary N) is 1. The molecule has 1 saturated carbocycles. The van der Waals surface area contributed by atoms with Gasteiger partial charge in [-0.1, -0.05) is 30.3 Å². The van der Waals surface area contributed by atoms with E-state index in [0.29, 0.717) is 12.1 Å². The van der Waals surface area contributed by atoms with E-state index in [1.54, 1.807) is 16.8 Å². The van der Waals surface area contributed by atoms with Gasteiger partial charge in [0.25, 0.3) is 5.91 Å². The minimum absolute atomic E-state index is 0.169. The number of rotatable bonds is 7. The molecule has 1 aromatic carbocycles. The van der Waals surface area contributed by atoms with Gasteiger partial charge in [-0.05, 0) is 32.8 Å². The summed E-state index contributed by atoms with van der Waals surface area (Å²) in [6, 6.07) is 11.3. The molecule has 0 spiro atoms. The van der Waals surface area contributed by atoms with Crippen LogP contribution in [-0.2, 0) is 20.9 Å². The highest BCUT2D eigenvalue weighted by molar-refractivity contribution is 5.85. The summed E-state index contributed by atoms with van der Waals surface area (Å²) in [6.45, 7) is 4.29. The summed E-state index contributed by atoms with van der Waals surface area (Å²) in [5, 5.41) is 7.24. The van der Waals surface area contributed by atoms with Crippen molar-refractivity contribution in [2.45, 2.75) is 51.8 Å². The summed E-state index contributed by atoms with van der Waals surface area (Å²) in [5.41, 5.74) is 2.59. The van der Waals surface area contributed by atoms with Crippen LogP contribution in [0.5, 0.6) is 0 Å². The zero-order valence-electron chi connectivity index (χ0n) is 14.6. The number of benzene rings is 1. The van der Waals surface area contributed by atoms with Gasteiger partial charge in [0, 0.05) is 17.3 Å². The van der Waals surface area contributed by atoms with E-state index in [2.05, 4.69) is 10.4 Å². The molecular weight excluding hydrogens is 318 g/mol. The molecule has 0 aliphatic heterocycles. The molecule has 132 valence electrons. The maximum absolute atomic E-state index is 12.5. The Morgan fingerprint density at radius 3 is 2.60 bits per heavy atom. The monoisotopic (exact) mass is 341 g/mol. The lowest BCUT2D eigenvalue weighted by Crippen LogP contribution is -2.33. The van der Waals surface area contributed by atoms with E-state index in [4.69, 9.17) is 4.74 Å². The molecule has 1 aromatic heterocycles. The van der Waals surface area contributed by atoms with Crippen LogP contribution in [0.25, 0.3) is 0 Å². The fourth-order valence-electron chi connectivity index (χ4n) is 2.69. The third-order valence-corrected chi connectivity index (χ3v) is 4.14. The van der Waals surface area contributed by atoms with E-state index in [9.17, 15) is 9.59 Å². The first-order valence-electron chi connectivity index (χ1n) is 8.59. The molecule has 0 bridgehead atoms. The SMILES string of the molecule is Cc1cc(C)n(CCC(=O)OC(C(=O)NC2CC2)c2ccccc2)n1. The Kier molecular flexibility index (Phi) is 5.16. The van der Waals surface area contributed by atoms with E-state index in [-0.39, 0.29) is 18.4 Å². The van der Waals surface area contributed by atoms with Crippen LogP contribution in [-0.4, -0.2) is 27.7 Å². The number of hydrogen-bond acceptors (Lipinski definition) is 4. The van der Waals surface area contributed by atoms with E-state index in [1.807, 2.05) is 38.1 Å². The van der Waals surface area contributed by atoms with Crippen molar-refractivity contribution < 1.29 is 14.3 Å². The van der Waals surface area contributed by atoms with Crippen molar-refractivity contribution in [1.29, 1.82) is 0 Å². The summed E-state index contributed by atoms with van der Waals surface area (Å²) < 4.78 is 7.28. The molecular formula is C19H23N3O3. The zero-order valence-corrected chi connectivity index (χ0v) is 14.6. The second-order valence-corrected chi connectivity index (χ2v) is 6.46. The summed E-state index contributed by atoms with van der Waals surface area (Å²) in [6.07, 6.45) is 1.23. The summed E-state index contributed by atoms with van der Waals surface area (Å²) in [7, 11) is 0. The topological polar surface area (TPSA) is 73.2 Å². The number of carbonyl (C=O) groups is 2. The zero-order chi connectivity index (χ0) is 17.8. The van der Waals surface area contributed by atoms with Crippen LogP contribution in [0.4, 0.5) is 0 Å². The highest BCUT2D eigenvalue weighted by Gasteiger charge is 2.30. The predicted octanol–water partition coefficient (Wildman–Crippen LogP) is 2.45. The maximum atomic E-state index is 12.5. The molecule has 1 fully saturated rings. The molecule has 0 saturated heterocycles. The fraction of sp³-hybridized carbons (Fsp3) is 0.421. The second kappa shape index (κ2) is 7.51. The number of hydrogen-bond donors (Lipinski definition) is 1. The average molecular weight is 341 g/mol. The number of aryl methyl sites for hydroxylation is 3. The van der Waals surface area contributed by atoms with Crippen LogP contribution in [0.3, 0.4) is 0 Å². The smallest absolute Gasteiger partial charge is 0.308 e. The Morgan fingerprint density at radius 1 is 1.28 bits per heavy atom. The molecule has 1 heterocycles. The van der Waals surface area contributed by atoms with Crippen molar-refractivity contribution in [1.82, 2.24) is 15.1 Å². The Labute approximate surface area is 147 Å². The lowest BCUT2D eigenvalue weighted by atomic mass is 10.1. The molecule has 1 N–H and O–H groups in total. The van der Waals surface area contributed by atoms with Gasteiger partial charge < -0.3 is 10.1 Å². The van der Waals surface area contributed by atoms with Gasteiger partial charge in [-0.3, -0.25) is 14.3 Å². The van der Waals surface area contributed by atoms with Gasteiger partial charge in [-0.25, -0.2) is 0 Å². The molecule has 1 atom stereocenters. The summed E-state index contributed by atoms with van der Waals surface area (Å²) in [5.74, 6) is -0.666. The van der Waals surface area contributed by atoms with Crippen LogP contribution in [0.2, 0.25) is 0 Å². The van der Waals surface area contributed by atoms with Crippen LogP contribution < -0.4 is 5.32 Å². The molecule has 2 aromatic rings. The van der Waals surface area contributed by atoms with Crippen molar-refractivity contribution >= 4 is 11.9 Å². The van der Waals surface area contributed by atoms with Gasteiger partial charge in [0.2, 0.25) is 6.10 Å². The highest BCUT2D eigenvalue weighted by atomic mass is 16.5. The van der Waals surface area contributed by atoms with Crippen molar-refractivity contribution in [3.8, 4) is 0 Å². The number of nitrogens with zero attached hydrogens (tertiary/aromatic N) is 2. The summed E-state index contributed by atoms with van der Waals surface area (Å²) >= 11 is 0. The Hall–Kier alpha value is -2.63. The highest BCUT2D eigenvalue weighted by Crippen LogP contribution is 2.23. The Bertz CT molecular complexity index is 751. The molecule has 0 radical (unpaired) electrons. The van der Waals surface area contributed by atoms with Gasteiger partial charge in [-0.15, -0.1) is 0 Å². The van der Waals surface area contributed by atoms with Gasteiger partial charge in [0.05, 0.1) is 18.7 Å². The van der Waals surface area contributed by atoms with Gasteiger partial charge in [-0.2, -0.15) is 5.10 Å². The first-order chi connectivity index (χ1) is 12.0. The minimum atomic E-state index is -0.908. The standard InChI is InChI=1S/C19H23N3O3/c1-13-12-14(2)22(21-13)11-10-17(23)25-18(15-6-4-3-5-7-15)19(24)20-16-8-9-16/h3-7,12,16,18H,8-11H2,1-2H3,(H,20,24). The fourth-order valence-corrected chi connectivity index (χ4v) is 2.69. The maximum Gasteiger partial charge on any atom is 0.308 e. The van der Waals surface area contributed by atoms with Crippen LogP contribution in [0.15, 0.2) is 36.4 Å². The number of ether oxygens (including phenoxy) is 1. The third kappa shape index (κ3) is 4.68. The largest absolute Gasteiger partial charge is 0.447 e.